The molecule has 1 unspecified atom stereocenters. The van der Waals surface area contributed by atoms with Gasteiger partial charge in [0.15, 0.2) is 15.3 Å². The summed E-state index contributed by atoms with van der Waals surface area (Å²) in [4.78, 5) is 11.2. The van der Waals surface area contributed by atoms with Crippen molar-refractivity contribution in [2.24, 2.45) is 5.73 Å². The Hall–Kier alpha value is -1.56. The van der Waals surface area contributed by atoms with Crippen LogP contribution in [-0.2, 0) is 16.3 Å². The quantitative estimate of drug-likeness (QED) is 0.832. The van der Waals surface area contributed by atoms with Gasteiger partial charge in [0, 0.05) is 12.7 Å². The van der Waals surface area contributed by atoms with Crippen LogP contribution in [0.1, 0.15) is 22.3 Å². The Morgan fingerprint density at radius 1 is 1.47 bits per heavy atom. The SMILES string of the molecule is CS(=O)(=O)C1CCc2cccc(C(N)=O)c2O1. The third kappa shape index (κ3) is 2.26. The van der Waals surface area contributed by atoms with Crippen LogP contribution in [0.5, 0.6) is 5.75 Å². The van der Waals surface area contributed by atoms with Gasteiger partial charge in [0.05, 0.1) is 5.56 Å². The van der Waals surface area contributed by atoms with Gasteiger partial charge in [-0.15, -0.1) is 0 Å². The summed E-state index contributed by atoms with van der Waals surface area (Å²) in [5.41, 5.74) is 5.38. The Kier molecular flexibility index (Phi) is 2.82. The highest BCUT2D eigenvalue weighted by Crippen LogP contribution is 2.32. The molecule has 5 nitrogen and oxygen atoms in total. The van der Waals surface area contributed by atoms with Crippen molar-refractivity contribution in [3.8, 4) is 5.75 Å². The van der Waals surface area contributed by atoms with Crippen LogP contribution in [0, 0.1) is 0 Å². The van der Waals surface area contributed by atoms with Gasteiger partial charge in [-0.2, -0.15) is 0 Å². The van der Waals surface area contributed by atoms with Gasteiger partial charge in [-0.25, -0.2) is 8.42 Å². The summed E-state index contributed by atoms with van der Waals surface area (Å²) in [6.07, 6.45) is 2.08. The van der Waals surface area contributed by atoms with E-state index >= 15 is 0 Å². The molecule has 0 radical (unpaired) electrons. The maximum absolute atomic E-state index is 11.4. The number of fused-ring (bicyclic) bond motifs is 1. The smallest absolute Gasteiger partial charge is 0.252 e. The summed E-state index contributed by atoms with van der Waals surface area (Å²) in [7, 11) is -3.29. The standard InChI is InChI=1S/C11H13NO4S/c1-17(14,15)9-6-5-7-3-2-4-8(11(12)13)10(7)16-9/h2-4,9H,5-6H2,1H3,(H2,12,13). The van der Waals surface area contributed by atoms with Crippen LogP contribution in [0.25, 0.3) is 0 Å². The van der Waals surface area contributed by atoms with E-state index in [4.69, 9.17) is 10.5 Å². The van der Waals surface area contributed by atoms with Gasteiger partial charge in [0.2, 0.25) is 0 Å². The first-order valence-corrected chi connectivity index (χ1v) is 7.12. The largest absolute Gasteiger partial charge is 0.473 e. The number of carbonyl (C=O) groups is 1. The summed E-state index contributed by atoms with van der Waals surface area (Å²) in [5.74, 6) is -0.308. The molecule has 0 bridgehead atoms. The minimum atomic E-state index is -3.29. The minimum absolute atomic E-state index is 0.232. The van der Waals surface area contributed by atoms with E-state index in [1.165, 1.54) is 6.07 Å². The monoisotopic (exact) mass is 255 g/mol. The minimum Gasteiger partial charge on any atom is -0.473 e. The Morgan fingerprint density at radius 3 is 2.76 bits per heavy atom. The molecule has 2 N–H and O–H groups in total. The number of nitrogens with two attached hydrogens (primary N) is 1. The average Bonchev–Trinajstić information content (AvgIpc) is 2.26. The van der Waals surface area contributed by atoms with Gasteiger partial charge in [-0.05, 0) is 18.1 Å². The van der Waals surface area contributed by atoms with Crippen LogP contribution in [0.2, 0.25) is 0 Å². The number of ether oxygens (including phenoxy) is 1. The molecule has 1 aliphatic heterocycles. The number of amides is 1. The first-order valence-electron chi connectivity index (χ1n) is 5.17. The molecule has 0 saturated carbocycles. The van der Waals surface area contributed by atoms with E-state index in [0.29, 0.717) is 18.6 Å². The zero-order chi connectivity index (χ0) is 12.6. The van der Waals surface area contributed by atoms with Crippen molar-refractivity contribution in [1.29, 1.82) is 0 Å². The van der Waals surface area contributed by atoms with Gasteiger partial charge >= 0.3 is 0 Å². The van der Waals surface area contributed by atoms with Crippen molar-refractivity contribution in [2.75, 3.05) is 6.26 Å². The van der Waals surface area contributed by atoms with Crippen LogP contribution >= 0.6 is 0 Å². The lowest BCUT2D eigenvalue weighted by atomic mass is 10.0. The lowest BCUT2D eigenvalue weighted by Gasteiger charge is -2.25. The van der Waals surface area contributed by atoms with Crippen LogP contribution < -0.4 is 10.5 Å². The van der Waals surface area contributed by atoms with Crippen LogP contribution in [0.4, 0.5) is 0 Å². The molecule has 1 atom stereocenters. The zero-order valence-electron chi connectivity index (χ0n) is 9.34. The number of aryl methyl sites for hydroxylation is 1. The first-order chi connectivity index (χ1) is 7.89. The maximum Gasteiger partial charge on any atom is 0.252 e. The summed E-state index contributed by atoms with van der Waals surface area (Å²) >= 11 is 0. The normalized spacial score (nSPS) is 19.2. The Morgan fingerprint density at radius 2 is 2.18 bits per heavy atom. The third-order valence-electron chi connectivity index (χ3n) is 2.74. The molecular weight excluding hydrogens is 242 g/mol. The molecule has 0 fully saturated rings. The van der Waals surface area contributed by atoms with Gasteiger partial charge in [0.25, 0.3) is 5.91 Å². The summed E-state index contributed by atoms with van der Waals surface area (Å²) in [5, 5.41) is 0. The van der Waals surface area contributed by atoms with Gasteiger partial charge in [0.1, 0.15) is 5.75 Å². The summed E-state index contributed by atoms with van der Waals surface area (Å²) in [6, 6.07) is 5.05. The van der Waals surface area contributed by atoms with E-state index in [1.807, 2.05) is 0 Å². The lowest BCUT2D eigenvalue weighted by Crippen LogP contribution is -2.31. The predicted octanol–water partition coefficient (Wildman–Crippen LogP) is 0.481. The number of hydrogen-bond acceptors (Lipinski definition) is 4. The number of primary amides is 1. The van der Waals surface area contributed by atoms with Crippen LogP contribution in [0.3, 0.4) is 0 Å². The molecule has 92 valence electrons. The molecule has 1 aromatic carbocycles. The van der Waals surface area contributed by atoms with E-state index in [2.05, 4.69) is 0 Å². The van der Waals surface area contributed by atoms with Crippen molar-refractivity contribution in [2.45, 2.75) is 18.3 Å². The van der Waals surface area contributed by atoms with Crippen LogP contribution in [0.15, 0.2) is 18.2 Å². The molecule has 1 aromatic rings. The fourth-order valence-corrected chi connectivity index (χ4v) is 2.70. The molecule has 0 aliphatic carbocycles. The molecule has 1 amide bonds. The fraction of sp³-hybridized carbons (Fsp3) is 0.364. The molecule has 6 heteroatoms. The number of benzene rings is 1. The summed E-state index contributed by atoms with van der Waals surface area (Å²) < 4.78 is 28.3. The van der Waals surface area contributed by atoms with E-state index in [9.17, 15) is 13.2 Å². The molecule has 1 aliphatic rings. The number of carbonyl (C=O) groups excluding carboxylic acids is 1. The van der Waals surface area contributed by atoms with Gasteiger partial charge < -0.3 is 10.5 Å². The van der Waals surface area contributed by atoms with E-state index in [1.54, 1.807) is 12.1 Å². The van der Waals surface area contributed by atoms with Crippen molar-refractivity contribution in [3.63, 3.8) is 0 Å². The summed E-state index contributed by atoms with van der Waals surface area (Å²) in [6.45, 7) is 0. The molecule has 2 rings (SSSR count). The highest BCUT2D eigenvalue weighted by molar-refractivity contribution is 7.91. The topological polar surface area (TPSA) is 86.5 Å². The van der Waals surface area contributed by atoms with E-state index < -0.39 is 21.2 Å². The van der Waals surface area contributed by atoms with E-state index in [-0.39, 0.29) is 5.56 Å². The molecule has 0 spiro atoms. The van der Waals surface area contributed by atoms with E-state index in [0.717, 1.165) is 11.8 Å². The fourth-order valence-electron chi connectivity index (χ4n) is 1.88. The zero-order valence-corrected chi connectivity index (χ0v) is 10.2. The predicted molar refractivity (Wildman–Crippen MR) is 62.5 cm³/mol. The Labute approximate surface area is 99.5 Å². The maximum atomic E-state index is 11.4. The third-order valence-corrected chi connectivity index (χ3v) is 4.03. The number of hydrogen-bond donors (Lipinski definition) is 1. The second-order valence-corrected chi connectivity index (χ2v) is 6.26. The molecule has 0 aromatic heterocycles. The molecule has 0 saturated heterocycles. The van der Waals surface area contributed by atoms with Crippen molar-refractivity contribution < 1.29 is 17.9 Å². The Bertz CT molecular complexity index is 565. The highest BCUT2D eigenvalue weighted by atomic mass is 32.2. The van der Waals surface area contributed by atoms with Crippen LogP contribution in [-0.4, -0.2) is 26.0 Å². The van der Waals surface area contributed by atoms with Crippen molar-refractivity contribution in [1.82, 2.24) is 0 Å². The molecular formula is C11H13NO4S. The first kappa shape index (κ1) is 11.9. The average molecular weight is 255 g/mol. The molecule has 17 heavy (non-hydrogen) atoms. The number of sulfone groups is 1. The highest BCUT2D eigenvalue weighted by Gasteiger charge is 2.30. The van der Waals surface area contributed by atoms with Gasteiger partial charge in [-0.1, -0.05) is 12.1 Å². The Balaban J connectivity index is 2.46. The molecule has 1 heterocycles. The van der Waals surface area contributed by atoms with Gasteiger partial charge in [-0.3, -0.25) is 4.79 Å². The lowest BCUT2D eigenvalue weighted by molar-refractivity contribution is 0.0994. The number of para-hydroxylation sites is 1. The van der Waals surface area contributed by atoms with Crippen molar-refractivity contribution >= 4 is 15.7 Å². The second kappa shape index (κ2) is 4.03. The second-order valence-electron chi connectivity index (χ2n) is 4.07. The van der Waals surface area contributed by atoms with Crippen molar-refractivity contribution in [3.05, 3.63) is 29.3 Å². The number of rotatable bonds is 2.